The smallest absolute Gasteiger partial charge is 0.192 e. The predicted molar refractivity (Wildman–Crippen MR) is 77.9 cm³/mol. The molecule has 0 aromatic rings. The predicted octanol–water partition coefficient (Wildman–Crippen LogP) is 2.25. The molecular weight excluding hydrogens is 276 g/mol. The third-order valence-electron chi connectivity index (χ3n) is 4.53. The summed E-state index contributed by atoms with van der Waals surface area (Å²) >= 11 is 0. The highest BCUT2D eigenvalue weighted by atomic mass is 28.4. The molecule has 20 heavy (non-hydrogen) atoms. The van der Waals surface area contributed by atoms with Crippen LogP contribution in [0.1, 0.15) is 34.6 Å². The van der Waals surface area contributed by atoms with Gasteiger partial charge in [0.05, 0.1) is 6.61 Å². The standard InChI is InChI=1S/C14H28O5Si/c1-13(2,3)20(6,7)16-8-9-10(15)11-12(17-9)19-14(4,5)18-11/h9-12,15H,8H2,1-7H3/t9-,10?,11?,12-/m1/s1. The van der Waals surface area contributed by atoms with E-state index in [1.165, 1.54) is 0 Å². The molecule has 4 atom stereocenters. The number of fused-ring (bicyclic) bond motifs is 1. The van der Waals surface area contributed by atoms with Gasteiger partial charge in [0.2, 0.25) is 0 Å². The SMILES string of the molecule is CC1(C)OC2C(O)[C@@H](CO[Si](C)(C)C(C)(C)C)O[C@@H]2O1. The Morgan fingerprint density at radius 2 is 1.80 bits per heavy atom. The first-order chi connectivity index (χ1) is 8.93. The van der Waals surface area contributed by atoms with Crippen molar-refractivity contribution in [2.24, 2.45) is 0 Å². The van der Waals surface area contributed by atoms with Crippen molar-refractivity contribution in [1.29, 1.82) is 0 Å². The molecule has 2 fully saturated rings. The Bertz CT molecular complexity index is 363. The summed E-state index contributed by atoms with van der Waals surface area (Å²) in [6.45, 7) is 15.0. The maximum Gasteiger partial charge on any atom is 0.192 e. The summed E-state index contributed by atoms with van der Waals surface area (Å²) in [4.78, 5) is 0. The van der Waals surface area contributed by atoms with Crippen LogP contribution in [0.5, 0.6) is 0 Å². The van der Waals surface area contributed by atoms with Gasteiger partial charge in [0.25, 0.3) is 0 Å². The highest BCUT2D eigenvalue weighted by molar-refractivity contribution is 6.74. The van der Waals surface area contributed by atoms with Crippen molar-refractivity contribution in [3.8, 4) is 0 Å². The van der Waals surface area contributed by atoms with Gasteiger partial charge in [0.1, 0.15) is 18.3 Å². The number of ether oxygens (including phenoxy) is 3. The monoisotopic (exact) mass is 304 g/mol. The van der Waals surface area contributed by atoms with Gasteiger partial charge in [-0.3, -0.25) is 0 Å². The molecule has 0 bridgehead atoms. The summed E-state index contributed by atoms with van der Waals surface area (Å²) in [6.07, 6.45) is -1.99. The lowest BCUT2D eigenvalue weighted by Gasteiger charge is -2.37. The van der Waals surface area contributed by atoms with Crippen molar-refractivity contribution in [1.82, 2.24) is 0 Å². The van der Waals surface area contributed by atoms with E-state index in [4.69, 9.17) is 18.6 Å². The Morgan fingerprint density at radius 1 is 1.20 bits per heavy atom. The molecule has 0 amide bonds. The molecule has 6 heteroatoms. The number of rotatable bonds is 3. The first-order valence-electron chi connectivity index (χ1n) is 7.26. The van der Waals surface area contributed by atoms with E-state index >= 15 is 0 Å². The minimum Gasteiger partial charge on any atom is -0.414 e. The van der Waals surface area contributed by atoms with E-state index in [-0.39, 0.29) is 11.1 Å². The minimum atomic E-state index is -1.84. The lowest BCUT2D eigenvalue weighted by molar-refractivity contribution is -0.217. The van der Waals surface area contributed by atoms with Crippen LogP contribution in [0.25, 0.3) is 0 Å². The zero-order valence-corrected chi connectivity index (χ0v) is 14.6. The zero-order valence-electron chi connectivity index (χ0n) is 13.6. The quantitative estimate of drug-likeness (QED) is 0.810. The summed E-state index contributed by atoms with van der Waals surface area (Å²) in [6, 6.07) is 0. The molecule has 0 aliphatic carbocycles. The van der Waals surface area contributed by atoms with Crippen LogP contribution in [-0.4, -0.2) is 50.4 Å². The average molecular weight is 304 g/mol. The van der Waals surface area contributed by atoms with Crippen molar-refractivity contribution < 1.29 is 23.7 Å². The Morgan fingerprint density at radius 3 is 2.30 bits per heavy atom. The maximum absolute atomic E-state index is 10.3. The van der Waals surface area contributed by atoms with E-state index in [2.05, 4.69) is 33.9 Å². The summed E-state index contributed by atoms with van der Waals surface area (Å²) in [5.41, 5.74) is 0. The second kappa shape index (κ2) is 5.03. The lowest BCUT2D eigenvalue weighted by atomic mass is 10.1. The fourth-order valence-electron chi connectivity index (χ4n) is 2.20. The van der Waals surface area contributed by atoms with Gasteiger partial charge in [-0.05, 0) is 32.0 Å². The van der Waals surface area contributed by atoms with E-state index in [1.54, 1.807) is 0 Å². The molecule has 0 saturated carbocycles. The molecule has 0 aromatic carbocycles. The molecule has 5 nitrogen and oxygen atoms in total. The van der Waals surface area contributed by atoms with Crippen LogP contribution in [-0.2, 0) is 18.6 Å². The first kappa shape index (κ1) is 16.4. The molecule has 2 saturated heterocycles. The van der Waals surface area contributed by atoms with Crippen LogP contribution >= 0.6 is 0 Å². The molecule has 1 N–H and O–H groups in total. The summed E-state index contributed by atoms with van der Waals surface area (Å²) in [5, 5.41) is 10.4. The van der Waals surface area contributed by atoms with Crippen LogP contribution in [0.4, 0.5) is 0 Å². The second-order valence-corrected chi connectivity index (χ2v) is 12.5. The second-order valence-electron chi connectivity index (χ2n) is 7.70. The molecule has 2 unspecified atom stereocenters. The third kappa shape index (κ3) is 3.10. The van der Waals surface area contributed by atoms with Crippen molar-refractivity contribution in [2.75, 3.05) is 6.61 Å². The largest absolute Gasteiger partial charge is 0.414 e. The highest BCUT2D eigenvalue weighted by Crippen LogP contribution is 2.40. The molecule has 2 rings (SSSR count). The summed E-state index contributed by atoms with van der Waals surface area (Å²) in [5.74, 6) is -0.693. The van der Waals surface area contributed by atoms with Crippen LogP contribution < -0.4 is 0 Å². The Hall–Kier alpha value is 0.0169. The van der Waals surface area contributed by atoms with E-state index in [0.717, 1.165) is 0 Å². The fourth-order valence-corrected chi connectivity index (χ4v) is 3.22. The van der Waals surface area contributed by atoms with Gasteiger partial charge in [-0.1, -0.05) is 20.8 Å². The van der Waals surface area contributed by atoms with Gasteiger partial charge < -0.3 is 23.7 Å². The van der Waals surface area contributed by atoms with E-state index in [1.807, 2.05) is 13.8 Å². The molecule has 118 valence electrons. The van der Waals surface area contributed by atoms with Crippen LogP contribution in [0, 0.1) is 0 Å². The number of aliphatic hydroxyl groups excluding tert-OH is 1. The van der Waals surface area contributed by atoms with Crippen molar-refractivity contribution in [3.05, 3.63) is 0 Å². The van der Waals surface area contributed by atoms with Crippen LogP contribution in [0.2, 0.25) is 18.1 Å². The Labute approximate surface area is 122 Å². The van der Waals surface area contributed by atoms with E-state index < -0.39 is 32.6 Å². The third-order valence-corrected chi connectivity index (χ3v) is 9.03. The molecule has 0 aromatic heterocycles. The van der Waals surface area contributed by atoms with Crippen LogP contribution in [0.3, 0.4) is 0 Å². The molecule has 2 aliphatic rings. The van der Waals surface area contributed by atoms with Gasteiger partial charge in [-0.2, -0.15) is 0 Å². The van der Waals surface area contributed by atoms with Crippen molar-refractivity contribution >= 4 is 8.32 Å². The lowest BCUT2D eigenvalue weighted by Crippen LogP contribution is -2.45. The zero-order chi connectivity index (χ0) is 15.3. The number of aliphatic hydroxyl groups is 1. The van der Waals surface area contributed by atoms with E-state index in [9.17, 15) is 5.11 Å². The molecule has 2 aliphatic heterocycles. The Kier molecular flexibility index (Phi) is 4.13. The van der Waals surface area contributed by atoms with Crippen LogP contribution in [0.15, 0.2) is 0 Å². The molecule has 0 radical (unpaired) electrons. The van der Waals surface area contributed by atoms with Gasteiger partial charge in [0, 0.05) is 0 Å². The van der Waals surface area contributed by atoms with Crippen molar-refractivity contribution in [2.45, 2.75) is 83.1 Å². The van der Waals surface area contributed by atoms with Gasteiger partial charge in [-0.25, -0.2) is 0 Å². The van der Waals surface area contributed by atoms with Crippen molar-refractivity contribution in [3.63, 3.8) is 0 Å². The highest BCUT2D eigenvalue weighted by Gasteiger charge is 2.54. The first-order valence-corrected chi connectivity index (χ1v) is 10.2. The Balaban J connectivity index is 1.91. The topological polar surface area (TPSA) is 57.2 Å². The normalized spacial score (nSPS) is 37.2. The van der Waals surface area contributed by atoms with E-state index in [0.29, 0.717) is 6.61 Å². The number of hydrogen-bond donors (Lipinski definition) is 1. The molecular formula is C14H28O5Si. The summed E-state index contributed by atoms with van der Waals surface area (Å²) < 4.78 is 23.1. The minimum absolute atomic E-state index is 0.140. The average Bonchev–Trinajstić information content (AvgIpc) is 2.69. The van der Waals surface area contributed by atoms with Gasteiger partial charge >= 0.3 is 0 Å². The summed E-state index contributed by atoms with van der Waals surface area (Å²) in [7, 11) is -1.84. The van der Waals surface area contributed by atoms with Gasteiger partial charge in [0.15, 0.2) is 20.4 Å². The molecule has 2 heterocycles. The number of hydrogen-bond acceptors (Lipinski definition) is 5. The van der Waals surface area contributed by atoms with Gasteiger partial charge in [-0.15, -0.1) is 0 Å². The molecule has 0 spiro atoms. The maximum atomic E-state index is 10.3. The fraction of sp³-hybridized carbons (Fsp3) is 1.00.